The normalized spacial score (nSPS) is 51.9. The molecule has 1 aliphatic heterocycles. The lowest BCUT2D eigenvalue weighted by atomic mass is 9.66. The topological polar surface area (TPSA) is 26.3 Å². The first-order valence-electron chi connectivity index (χ1n) is 5.23. The third kappa shape index (κ3) is 1.21. The molecule has 1 unspecified atom stereocenters. The van der Waals surface area contributed by atoms with Crippen molar-refractivity contribution in [2.75, 3.05) is 5.33 Å². The molecule has 2 fully saturated rings. The molecule has 0 aromatic carbocycles. The molecule has 2 nitrogen and oxygen atoms in total. The van der Waals surface area contributed by atoms with Crippen molar-refractivity contribution in [3.8, 4) is 0 Å². The van der Waals surface area contributed by atoms with Gasteiger partial charge in [0.25, 0.3) is 0 Å². The van der Waals surface area contributed by atoms with E-state index in [9.17, 15) is 4.79 Å². The van der Waals surface area contributed by atoms with E-state index in [1.54, 1.807) is 0 Å². The maximum atomic E-state index is 11.2. The second kappa shape index (κ2) is 3.31. The fourth-order valence-corrected chi connectivity index (χ4v) is 3.41. The average Bonchev–Trinajstić information content (AvgIpc) is 2.62. The van der Waals surface area contributed by atoms with Gasteiger partial charge in [0.05, 0.1) is 12.2 Å². The van der Waals surface area contributed by atoms with Crippen molar-refractivity contribution >= 4 is 22.2 Å². The van der Waals surface area contributed by atoms with E-state index in [4.69, 9.17) is 4.74 Å². The van der Waals surface area contributed by atoms with Gasteiger partial charge in [0.15, 0.2) is 0 Å². The molecule has 1 saturated carbocycles. The molecule has 0 bridgehead atoms. The van der Waals surface area contributed by atoms with Crippen LogP contribution in [0.3, 0.4) is 0 Å². The van der Waals surface area contributed by atoms with Crippen LogP contribution in [0, 0.1) is 10.8 Å². The number of alkyl halides is 1. The van der Waals surface area contributed by atoms with E-state index in [-0.39, 0.29) is 10.8 Å². The molecule has 1 saturated heterocycles. The summed E-state index contributed by atoms with van der Waals surface area (Å²) in [5.74, 6) is 0. The van der Waals surface area contributed by atoms with E-state index in [1.165, 1.54) is 0 Å². The molecule has 0 spiro atoms. The van der Waals surface area contributed by atoms with E-state index < -0.39 is 0 Å². The minimum atomic E-state index is -0.172. The van der Waals surface area contributed by atoms with Gasteiger partial charge in [0.1, 0.15) is 6.29 Å². The minimum absolute atomic E-state index is 0.0627. The molecule has 2 rings (SSSR count). The first kappa shape index (κ1) is 10.6. The Morgan fingerprint density at radius 2 is 2.29 bits per heavy atom. The van der Waals surface area contributed by atoms with E-state index in [0.29, 0.717) is 12.2 Å². The highest BCUT2D eigenvalue weighted by Crippen LogP contribution is 2.59. The fourth-order valence-electron chi connectivity index (χ4n) is 3.02. The molecule has 4 atom stereocenters. The van der Waals surface area contributed by atoms with Crippen LogP contribution in [0.15, 0.2) is 0 Å². The molecule has 3 heteroatoms. The molecule has 0 aromatic heterocycles. The lowest BCUT2D eigenvalue weighted by Crippen LogP contribution is -2.37. The standard InChI is InChI=1S/C11H17BrO2/c1-10(7-13)4-3-9-11(10,2)5-8(6-12)14-9/h7-9H,3-6H2,1-2H3/t8?,9-,10+,11-/m1/s1. The second-order valence-electron chi connectivity index (χ2n) is 5.10. The Morgan fingerprint density at radius 1 is 1.57 bits per heavy atom. The summed E-state index contributed by atoms with van der Waals surface area (Å²) in [6, 6.07) is 0. The zero-order chi connectivity index (χ0) is 10.4. The van der Waals surface area contributed by atoms with Gasteiger partial charge in [-0.25, -0.2) is 0 Å². The smallest absolute Gasteiger partial charge is 0.126 e. The Morgan fingerprint density at radius 3 is 2.86 bits per heavy atom. The number of ether oxygens (including phenoxy) is 1. The molecule has 1 heterocycles. The van der Waals surface area contributed by atoms with Gasteiger partial charge >= 0.3 is 0 Å². The Labute approximate surface area is 93.5 Å². The van der Waals surface area contributed by atoms with Gasteiger partial charge < -0.3 is 9.53 Å². The molecule has 0 radical (unpaired) electrons. The van der Waals surface area contributed by atoms with Crippen LogP contribution in [-0.4, -0.2) is 23.8 Å². The van der Waals surface area contributed by atoms with E-state index in [2.05, 4.69) is 29.8 Å². The van der Waals surface area contributed by atoms with Gasteiger partial charge in [-0.1, -0.05) is 29.8 Å². The van der Waals surface area contributed by atoms with Crippen molar-refractivity contribution in [1.29, 1.82) is 0 Å². The lowest BCUT2D eigenvalue weighted by Gasteiger charge is -2.35. The first-order valence-corrected chi connectivity index (χ1v) is 6.36. The van der Waals surface area contributed by atoms with Gasteiger partial charge in [-0.05, 0) is 19.3 Å². The Kier molecular flexibility index (Phi) is 2.51. The summed E-state index contributed by atoms with van der Waals surface area (Å²) in [7, 11) is 0. The summed E-state index contributed by atoms with van der Waals surface area (Å²) in [5, 5.41) is 0.883. The van der Waals surface area contributed by atoms with Crippen LogP contribution in [0.1, 0.15) is 33.1 Å². The van der Waals surface area contributed by atoms with Crippen LogP contribution in [0.25, 0.3) is 0 Å². The zero-order valence-electron chi connectivity index (χ0n) is 8.75. The summed E-state index contributed by atoms with van der Waals surface area (Å²) in [4.78, 5) is 11.2. The zero-order valence-corrected chi connectivity index (χ0v) is 10.3. The predicted octanol–water partition coefficient (Wildman–Crippen LogP) is 2.54. The van der Waals surface area contributed by atoms with E-state index in [1.807, 2.05) is 0 Å². The SMILES string of the molecule is C[C@@]1(C=O)CC[C@H]2OC(CBr)C[C@]21C. The number of hydrogen-bond acceptors (Lipinski definition) is 2. The largest absolute Gasteiger partial charge is 0.373 e. The number of hydrogen-bond donors (Lipinski definition) is 0. The summed E-state index contributed by atoms with van der Waals surface area (Å²) < 4.78 is 5.93. The third-order valence-electron chi connectivity index (χ3n) is 4.38. The van der Waals surface area contributed by atoms with Crippen molar-refractivity contribution in [3.63, 3.8) is 0 Å². The summed E-state index contributed by atoms with van der Waals surface area (Å²) in [6.45, 7) is 4.29. The molecule has 0 N–H and O–H groups in total. The molecule has 80 valence electrons. The maximum absolute atomic E-state index is 11.2. The fraction of sp³-hybridized carbons (Fsp3) is 0.909. The van der Waals surface area contributed by atoms with Crippen LogP contribution in [0.4, 0.5) is 0 Å². The first-order chi connectivity index (χ1) is 6.55. The van der Waals surface area contributed by atoms with Crippen LogP contribution >= 0.6 is 15.9 Å². The average molecular weight is 261 g/mol. The highest BCUT2D eigenvalue weighted by molar-refractivity contribution is 9.09. The summed E-state index contributed by atoms with van der Waals surface area (Å²) in [6.07, 6.45) is 4.76. The molecule has 0 aromatic rings. The van der Waals surface area contributed by atoms with Crippen LogP contribution in [0.2, 0.25) is 0 Å². The van der Waals surface area contributed by atoms with Gasteiger partial charge in [0.2, 0.25) is 0 Å². The third-order valence-corrected chi connectivity index (χ3v) is 5.10. The van der Waals surface area contributed by atoms with Gasteiger partial charge in [-0.15, -0.1) is 0 Å². The Hall–Kier alpha value is 0.110. The van der Waals surface area contributed by atoms with Crippen molar-refractivity contribution < 1.29 is 9.53 Å². The molecular formula is C11H17BrO2. The van der Waals surface area contributed by atoms with Crippen molar-refractivity contribution in [2.45, 2.75) is 45.3 Å². The van der Waals surface area contributed by atoms with Gasteiger partial charge in [-0.2, -0.15) is 0 Å². The predicted molar refractivity (Wildman–Crippen MR) is 58.6 cm³/mol. The van der Waals surface area contributed by atoms with Crippen LogP contribution in [-0.2, 0) is 9.53 Å². The molecule has 0 amide bonds. The number of fused-ring (bicyclic) bond motifs is 1. The number of rotatable bonds is 2. The molecule has 1 aliphatic carbocycles. The quantitative estimate of drug-likeness (QED) is 0.564. The number of aldehydes is 1. The Bertz CT molecular complexity index is 256. The minimum Gasteiger partial charge on any atom is -0.373 e. The molecular weight excluding hydrogens is 244 g/mol. The molecule has 2 aliphatic rings. The summed E-state index contributed by atoms with van der Waals surface area (Å²) >= 11 is 3.45. The summed E-state index contributed by atoms with van der Waals surface area (Å²) in [5.41, 5.74) is -0.109. The Balaban J connectivity index is 2.26. The second-order valence-corrected chi connectivity index (χ2v) is 5.74. The number of halogens is 1. The van der Waals surface area contributed by atoms with Crippen molar-refractivity contribution in [3.05, 3.63) is 0 Å². The van der Waals surface area contributed by atoms with Crippen LogP contribution in [0.5, 0.6) is 0 Å². The number of carbonyl (C=O) groups is 1. The lowest BCUT2D eigenvalue weighted by molar-refractivity contribution is -0.120. The number of carbonyl (C=O) groups excluding carboxylic acids is 1. The highest BCUT2D eigenvalue weighted by Gasteiger charge is 2.59. The van der Waals surface area contributed by atoms with Crippen molar-refractivity contribution in [1.82, 2.24) is 0 Å². The van der Waals surface area contributed by atoms with E-state index >= 15 is 0 Å². The van der Waals surface area contributed by atoms with Crippen LogP contribution < -0.4 is 0 Å². The van der Waals surface area contributed by atoms with Crippen molar-refractivity contribution in [2.24, 2.45) is 10.8 Å². The van der Waals surface area contributed by atoms with Gasteiger partial charge in [-0.3, -0.25) is 0 Å². The molecule has 14 heavy (non-hydrogen) atoms. The maximum Gasteiger partial charge on any atom is 0.126 e. The monoisotopic (exact) mass is 260 g/mol. The van der Waals surface area contributed by atoms with Gasteiger partial charge in [0, 0.05) is 16.2 Å². The van der Waals surface area contributed by atoms with E-state index in [0.717, 1.165) is 30.9 Å². The highest BCUT2D eigenvalue weighted by atomic mass is 79.9.